The van der Waals surface area contributed by atoms with E-state index in [9.17, 15) is 14.9 Å². The summed E-state index contributed by atoms with van der Waals surface area (Å²) in [5.41, 5.74) is 1.09. The molecule has 1 aliphatic rings. The first-order valence-corrected chi connectivity index (χ1v) is 7.92. The Morgan fingerprint density at radius 1 is 1.20 bits per heavy atom. The lowest BCUT2D eigenvalue weighted by Gasteiger charge is -1.98. The predicted octanol–water partition coefficient (Wildman–Crippen LogP) is 3.36. The van der Waals surface area contributed by atoms with E-state index >= 15 is 0 Å². The molecule has 1 fully saturated rings. The lowest BCUT2D eigenvalue weighted by atomic mass is 10.1. The number of hydrogen-bond donors (Lipinski definition) is 1. The standard InChI is InChI=1S/C17H10N4O3S/c18-10-12-6-1-3-7-13(12)19-17-20-16(22)15(25-17)9-11-5-2-4-8-14(11)21(23)24/h1-9H,(H,19,20,22)/b15-9-. The van der Waals surface area contributed by atoms with Crippen molar-refractivity contribution in [2.45, 2.75) is 0 Å². The third kappa shape index (κ3) is 3.57. The highest BCUT2D eigenvalue weighted by Crippen LogP contribution is 2.31. The SMILES string of the molecule is N#Cc1ccccc1N=C1NC(=O)/C(=C/c2ccccc2[N+](=O)[O-])S1. The average molecular weight is 350 g/mol. The first kappa shape index (κ1) is 16.4. The van der Waals surface area contributed by atoms with E-state index in [0.717, 1.165) is 11.8 Å². The van der Waals surface area contributed by atoms with Gasteiger partial charge in [-0.05, 0) is 36.0 Å². The van der Waals surface area contributed by atoms with Crippen LogP contribution in [0.3, 0.4) is 0 Å². The van der Waals surface area contributed by atoms with Crippen molar-refractivity contribution in [2.24, 2.45) is 4.99 Å². The summed E-state index contributed by atoms with van der Waals surface area (Å²) in [7, 11) is 0. The molecular weight excluding hydrogens is 340 g/mol. The summed E-state index contributed by atoms with van der Waals surface area (Å²) in [6, 6.07) is 15.0. The third-order valence-electron chi connectivity index (χ3n) is 3.32. The van der Waals surface area contributed by atoms with Gasteiger partial charge in [-0.1, -0.05) is 24.3 Å². The maximum atomic E-state index is 12.1. The fraction of sp³-hybridized carbons (Fsp3) is 0. The van der Waals surface area contributed by atoms with Crippen LogP contribution in [0.4, 0.5) is 11.4 Å². The Labute approximate surface area is 146 Å². The maximum Gasteiger partial charge on any atom is 0.276 e. The molecule has 25 heavy (non-hydrogen) atoms. The van der Waals surface area contributed by atoms with E-state index in [1.165, 1.54) is 12.1 Å². The zero-order valence-corrected chi connectivity index (χ0v) is 13.5. The smallest absolute Gasteiger partial charge is 0.276 e. The number of nitrogens with one attached hydrogen (secondary N) is 1. The van der Waals surface area contributed by atoms with E-state index in [-0.39, 0.29) is 5.69 Å². The van der Waals surface area contributed by atoms with Gasteiger partial charge in [0.05, 0.1) is 26.6 Å². The second-order valence-corrected chi connectivity index (χ2v) is 5.96. The van der Waals surface area contributed by atoms with E-state index in [1.807, 2.05) is 6.07 Å². The van der Waals surface area contributed by atoms with Crippen LogP contribution in [0, 0.1) is 21.4 Å². The molecule has 1 saturated heterocycles. The van der Waals surface area contributed by atoms with Gasteiger partial charge in [0, 0.05) is 6.07 Å². The summed E-state index contributed by atoms with van der Waals surface area (Å²) in [5.74, 6) is -0.392. The van der Waals surface area contributed by atoms with Gasteiger partial charge in [0.1, 0.15) is 6.07 Å². The molecule has 0 bridgehead atoms. The molecular formula is C17H10N4O3S. The predicted molar refractivity (Wildman–Crippen MR) is 95.1 cm³/mol. The van der Waals surface area contributed by atoms with Gasteiger partial charge in [0.15, 0.2) is 5.17 Å². The highest BCUT2D eigenvalue weighted by molar-refractivity contribution is 8.18. The molecule has 1 heterocycles. The highest BCUT2D eigenvalue weighted by atomic mass is 32.2. The number of thioether (sulfide) groups is 1. The van der Waals surface area contributed by atoms with E-state index in [2.05, 4.69) is 10.3 Å². The minimum absolute atomic E-state index is 0.0800. The molecule has 1 N–H and O–H groups in total. The monoisotopic (exact) mass is 350 g/mol. The van der Waals surface area contributed by atoms with Gasteiger partial charge in [-0.15, -0.1) is 0 Å². The first-order valence-electron chi connectivity index (χ1n) is 7.10. The number of benzene rings is 2. The van der Waals surface area contributed by atoms with Crippen LogP contribution in [0.25, 0.3) is 6.08 Å². The van der Waals surface area contributed by atoms with Crippen LogP contribution in [-0.2, 0) is 4.79 Å². The average Bonchev–Trinajstić information content (AvgIpc) is 2.95. The fourth-order valence-corrected chi connectivity index (χ4v) is 3.00. The number of amidine groups is 1. The van der Waals surface area contributed by atoms with Crippen LogP contribution in [0.5, 0.6) is 0 Å². The molecule has 8 heteroatoms. The van der Waals surface area contributed by atoms with Crippen LogP contribution in [-0.4, -0.2) is 16.0 Å². The van der Waals surface area contributed by atoms with Crippen LogP contribution in [0.1, 0.15) is 11.1 Å². The van der Waals surface area contributed by atoms with Crippen molar-refractivity contribution >= 4 is 40.3 Å². The fourth-order valence-electron chi connectivity index (χ4n) is 2.17. The Hall–Kier alpha value is -3.44. The van der Waals surface area contributed by atoms with Crippen molar-refractivity contribution in [3.05, 3.63) is 74.7 Å². The molecule has 0 unspecified atom stereocenters. The Kier molecular flexibility index (Phi) is 4.59. The Balaban J connectivity index is 1.93. The Morgan fingerprint density at radius 3 is 2.68 bits per heavy atom. The zero-order chi connectivity index (χ0) is 17.8. The van der Waals surface area contributed by atoms with Crippen LogP contribution < -0.4 is 5.32 Å². The van der Waals surface area contributed by atoms with Crippen LogP contribution in [0.15, 0.2) is 58.4 Å². The zero-order valence-electron chi connectivity index (χ0n) is 12.7. The van der Waals surface area contributed by atoms with Crippen molar-refractivity contribution in [1.82, 2.24) is 5.32 Å². The topological polar surface area (TPSA) is 108 Å². The van der Waals surface area contributed by atoms with Crippen LogP contribution in [0.2, 0.25) is 0 Å². The number of nitrogens with zero attached hydrogens (tertiary/aromatic N) is 3. The van der Waals surface area contributed by atoms with E-state index in [4.69, 9.17) is 5.26 Å². The molecule has 0 atom stereocenters. The molecule has 0 aliphatic carbocycles. The lowest BCUT2D eigenvalue weighted by molar-refractivity contribution is -0.385. The number of nitro benzene ring substituents is 1. The van der Waals surface area contributed by atoms with Crippen molar-refractivity contribution in [3.8, 4) is 6.07 Å². The number of aliphatic imine (C=N–C) groups is 1. The summed E-state index contributed by atoms with van der Waals surface area (Å²) in [6.07, 6.45) is 1.46. The third-order valence-corrected chi connectivity index (χ3v) is 4.23. The summed E-state index contributed by atoms with van der Waals surface area (Å²) >= 11 is 1.07. The molecule has 7 nitrogen and oxygen atoms in total. The summed E-state index contributed by atoms with van der Waals surface area (Å²) < 4.78 is 0. The molecule has 1 amide bonds. The summed E-state index contributed by atoms with van der Waals surface area (Å²) in [4.78, 5) is 27.2. The summed E-state index contributed by atoms with van der Waals surface area (Å²) in [6.45, 7) is 0. The molecule has 0 spiro atoms. The van der Waals surface area contributed by atoms with E-state index < -0.39 is 10.8 Å². The largest absolute Gasteiger partial charge is 0.300 e. The Bertz CT molecular complexity index is 976. The Morgan fingerprint density at radius 2 is 1.92 bits per heavy atom. The quantitative estimate of drug-likeness (QED) is 0.519. The normalized spacial score (nSPS) is 16.7. The highest BCUT2D eigenvalue weighted by Gasteiger charge is 2.25. The van der Waals surface area contributed by atoms with Gasteiger partial charge in [-0.25, -0.2) is 4.99 Å². The number of rotatable bonds is 3. The maximum absolute atomic E-state index is 12.1. The number of hydrogen-bond acceptors (Lipinski definition) is 6. The second-order valence-electron chi connectivity index (χ2n) is 4.93. The minimum Gasteiger partial charge on any atom is -0.300 e. The van der Waals surface area contributed by atoms with Gasteiger partial charge in [0.25, 0.3) is 11.6 Å². The number of amides is 1. The molecule has 0 saturated carbocycles. The minimum atomic E-state index is -0.498. The number of carbonyl (C=O) groups excluding carboxylic acids is 1. The molecule has 122 valence electrons. The van der Waals surface area contributed by atoms with Gasteiger partial charge in [-0.3, -0.25) is 14.9 Å². The second kappa shape index (κ2) is 6.98. The summed E-state index contributed by atoms with van der Waals surface area (Å²) in [5, 5.41) is 23.1. The molecule has 1 aliphatic heterocycles. The van der Waals surface area contributed by atoms with Crippen molar-refractivity contribution in [1.29, 1.82) is 5.26 Å². The molecule has 0 aromatic heterocycles. The van der Waals surface area contributed by atoms with Gasteiger partial charge < -0.3 is 5.32 Å². The number of nitro groups is 1. The lowest BCUT2D eigenvalue weighted by Crippen LogP contribution is -2.19. The number of carbonyl (C=O) groups is 1. The van der Waals surface area contributed by atoms with Crippen molar-refractivity contribution < 1.29 is 9.72 Å². The van der Waals surface area contributed by atoms with E-state index in [1.54, 1.807) is 42.5 Å². The molecule has 0 radical (unpaired) electrons. The first-order chi connectivity index (χ1) is 12.1. The molecule has 2 aromatic carbocycles. The molecule has 3 rings (SSSR count). The van der Waals surface area contributed by atoms with Gasteiger partial charge >= 0.3 is 0 Å². The van der Waals surface area contributed by atoms with E-state index in [0.29, 0.717) is 26.9 Å². The van der Waals surface area contributed by atoms with Crippen LogP contribution >= 0.6 is 11.8 Å². The van der Waals surface area contributed by atoms with Crippen molar-refractivity contribution in [3.63, 3.8) is 0 Å². The van der Waals surface area contributed by atoms with Crippen molar-refractivity contribution in [2.75, 3.05) is 0 Å². The number of nitriles is 1. The van der Waals surface area contributed by atoms with Gasteiger partial charge in [0.2, 0.25) is 0 Å². The molecule has 2 aromatic rings. The van der Waals surface area contributed by atoms with Gasteiger partial charge in [-0.2, -0.15) is 5.26 Å². The number of para-hydroxylation sites is 2.